The van der Waals surface area contributed by atoms with Gasteiger partial charge in [0.05, 0.1) is 44.6 Å². The minimum absolute atomic E-state index is 0.0527. The van der Waals surface area contributed by atoms with Crippen LogP contribution in [0.15, 0.2) is 47.5 Å². The summed E-state index contributed by atoms with van der Waals surface area (Å²) in [6, 6.07) is 10.6. The highest BCUT2D eigenvalue weighted by Crippen LogP contribution is 2.35. The normalized spacial score (nSPS) is 22.4. The molecule has 2 amide bonds. The lowest BCUT2D eigenvalue weighted by molar-refractivity contribution is 0.0476. The number of hydrogen-bond donors (Lipinski definition) is 1. The van der Waals surface area contributed by atoms with Crippen LogP contribution in [0.25, 0.3) is 10.9 Å². The van der Waals surface area contributed by atoms with Crippen molar-refractivity contribution in [1.82, 2.24) is 15.1 Å². The van der Waals surface area contributed by atoms with Gasteiger partial charge in [0.15, 0.2) is 0 Å². The van der Waals surface area contributed by atoms with Crippen molar-refractivity contribution >= 4 is 33.5 Å². The molecule has 5 rings (SSSR count). The first-order valence-electron chi connectivity index (χ1n) is 9.97. The van der Waals surface area contributed by atoms with E-state index in [1.165, 1.54) is 4.90 Å². The summed E-state index contributed by atoms with van der Waals surface area (Å²) in [6.07, 6.45) is 6.06. The summed E-state index contributed by atoms with van der Waals surface area (Å²) < 4.78 is 18.6. The summed E-state index contributed by atoms with van der Waals surface area (Å²) in [6.45, 7) is 0. The van der Waals surface area contributed by atoms with Crippen LogP contribution in [0.5, 0.6) is 5.75 Å². The molecule has 1 fully saturated rings. The van der Waals surface area contributed by atoms with Crippen molar-refractivity contribution in [2.75, 3.05) is 6.26 Å². The smallest absolute Gasteiger partial charge is 0.261 e. The van der Waals surface area contributed by atoms with E-state index in [1.54, 1.807) is 36.7 Å². The number of rotatable bonds is 4. The highest BCUT2D eigenvalue weighted by molar-refractivity contribution is 7.84. The van der Waals surface area contributed by atoms with Crippen LogP contribution in [0.1, 0.15) is 46.4 Å². The Morgan fingerprint density at radius 1 is 1.03 bits per heavy atom. The lowest BCUT2D eigenvalue weighted by Gasteiger charge is -2.33. The van der Waals surface area contributed by atoms with Crippen molar-refractivity contribution in [2.45, 2.75) is 42.7 Å². The van der Waals surface area contributed by atoms with Crippen LogP contribution in [0.2, 0.25) is 0 Å². The monoisotopic (exact) mass is 423 g/mol. The van der Waals surface area contributed by atoms with Gasteiger partial charge in [-0.2, -0.15) is 5.10 Å². The van der Waals surface area contributed by atoms with Crippen molar-refractivity contribution in [3.8, 4) is 5.75 Å². The molecule has 2 aromatic carbocycles. The average Bonchev–Trinajstić information content (AvgIpc) is 3.32. The lowest BCUT2D eigenvalue weighted by atomic mass is 9.91. The molecule has 2 aliphatic rings. The third-order valence-corrected chi connectivity index (χ3v) is 6.95. The maximum Gasteiger partial charge on any atom is 0.261 e. The van der Waals surface area contributed by atoms with Crippen molar-refractivity contribution in [3.05, 3.63) is 53.7 Å². The molecule has 3 aromatic rings. The van der Waals surface area contributed by atoms with Crippen LogP contribution in [0.3, 0.4) is 0 Å². The largest absolute Gasteiger partial charge is 0.489 e. The quantitative estimate of drug-likeness (QED) is 0.650. The number of aromatic nitrogens is 2. The van der Waals surface area contributed by atoms with Gasteiger partial charge in [0.2, 0.25) is 0 Å². The zero-order valence-corrected chi connectivity index (χ0v) is 17.3. The van der Waals surface area contributed by atoms with E-state index in [9.17, 15) is 13.8 Å². The Morgan fingerprint density at radius 2 is 1.70 bits per heavy atom. The molecule has 8 heteroatoms. The third-order valence-electron chi connectivity index (χ3n) is 5.95. The number of nitrogens with zero attached hydrogens (tertiary/aromatic N) is 2. The van der Waals surface area contributed by atoms with E-state index in [0.717, 1.165) is 23.7 Å². The fourth-order valence-corrected chi connectivity index (χ4v) is 5.37. The van der Waals surface area contributed by atoms with Gasteiger partial charge in [0, 0.05) is 17.7 Å². The Kier molecular flexibility index (Phi) is 4.66. The summed E-state index contributed by atoms with van der Waals surface area (Å²) in [7, 11) is -1.22. The van der Waals surface area contributed by atoms with E-state index < -0.39 is 10.8 Å². The standard InChI is InChI=1S/C22H21N3O4S/c1-30(28)20-17-12-23-24-18(17)10-11-19(20)29-14-8-6-13(7-9-14)25-21(26)15-4-2-3-5-16(15)22(25)27/h2-5,10-14H,6-9H2,1H3,(H,23,24). The van der Waals surface area contributed by atoms with Crippen LogP contribution in [0, 0.1) is 0 Å². The zero-order chi connectivity index (χ0) is 20.8. The highest BCUT2D eigenvalue weighted by Gasteiger charge is 2.41. The second-order valence-corrected chi connectivity index (χ2v) is 9.07. The molecule has 0 saturated heterocycles. The summed E-state index contributed by atoms with van der Waals surface area (Å²) in [5, 5.41) is 7.72. The molecular formula is C22H21N3O4S. The maximum atomic E-state index is 12.7. The van der Waals surface area contributed by atoms with E-state index in [1.807, 2.05) is 12.1 Å². The molecule has 1 N–H and O–H groups in total. The van der Waals surface area contributed by atoms with Crippen molar-refractivity contribution in [1.29, 1.82) is 0 Å². The molecule has 30 heavy (non-hydrogen) atoms. The third kappa shape index (κ3) is 3.02. The van der Waals surface area contributed by atoms with Crippen LogP contribution in [0.4, 0.5) is 0 Å². The molecule has 1 unspecified atom stereocenters. The molecule has 1 aliphatic carbocycles. The molecule has 0 spiro atoms. The van der Waals surface area contributed by atoms with Gasteiger partial charge in [-0.1, -0.05) is 12.1 Å². The Morgan fingerprint density at radius 3 is 2.33 bits per heavy atom. The highest BCUT2D eigenvalue weighted by atomic mass is 32.2. The minimum Gasteiger partial charge on any atom is -0.489 e. The maximum absolute atomic E-state index is 12.7. The number of imide groups is 1. The van der Waals surface area contributed by atoms with Crippen molar-refractivity contribution in [2.24, 2.45) is 0 Å². The van der Waals surface area contributed by atoms with Crippen molar-refractivity contribution in [3.63, 3.8) is 0 Å². The second kappa shape index (κ2) is 7.36. The average molecular weight is 423 g/mol. The Balaban J connectivity index is 1.30. The predicted molar refractivity (Wildman–Crippen MR) is 112 cm³/mol. The number of carbonyl (C=O) groups excluding carboxylic acids is 2. The van der Waals surface area contributed by atoms with E-state index in [2.05, 4.69) is 10.2 Å². The van der Waals surface area contributed by atoms with Crippen LogP contribution < -0.4 is 4.74 Å². The second-order valence-electron chi connectivity index (χ2n) is 7.75. The van der Waals surface area contributed by atoms with Gasteiger partial charge >= 0.3 is 0 Å². The van der Waals surface area contributed by atoms with Gasteiger partial charge in [-0.05, 0) is 49.9 Å². The molecule has 1 aliphatic heterocycles. The first-order valence-corrected chi connectivity index (χ1v) is 11.5. The fraction of sp³-hybridized carbons (Fsp3) is 0.318. The Bertz CT molecular complexity index is 1150. The first kappa shape index (κ1) is 19.0. The summed E-state index contributed by atoms with van der Waals surface area (Å²) in [4.78, 5) is 27.5. The molecule has 7 nitrogen and oxygen atoms in total. The first-order chi connectivity index (χ1) is 14.5. The predicted octanol–water partition coefficient (Wildman–Crippen LogP) is 3.29. The number of hydrogen-bond acceptors (Lipinski definition) is 5. The van der Waals surface area contributed by atoms with Gasteiger partial charge in [-0.15, -0.1) is 0 Å². The minimum atomic E-state index is -1.22. The molecule has 1 atom stereocenters. The van der Waals surface area contributed by atoms with Gasteiger partial charge < -0.3 is 4.74 Å². The summed E-state index contributed by atoms with van der Waals surface area (Å²) in [5.41, 5.74) is 1.80. The number of amides is 2. The molecule has 1 saturated carbocycles. The lowest BCUT2D eigenvalue weighted by Crippen LogP contribution is -2.43. The van der Waals surface area contributed by atoms with Gasteiger partial charge in [0.1, 0.15) is 5.75 Å². The van der Waals surface area contributed by atoms with E-state index in [-0.39, 0.29) is 24.0 Å². The Labute approximate surface area is 175 Å². The zero-order valence-electron chi connectivity index (χ0n) is 16.5. The number of aromatic amines is 1. The van der Waals surface area contributed by atoms with E-state index >= 15 is 0 Å². The van der Waals surface area contributed by atoms with Crippen LogP contribution in [-0.2, 0) is 10.8 Å². The van der Waals surface area contributed by atoms with Gasteiger partial charge in [-0.3, -0.25) is 23.8 Å². The number of benzene rings is 2. The summed E-state index contributed by atoms with van der Waals surface area (Å²) >= 11 is 0. The molecule has 0 bridgehead atoms. The topological polar surface area (TPSA) is 92.4 Å². The number of carbonyl (C=O) groups is 2. The van der Waals surface area contributed by atoms with Crippen LogP contribution >= 0.6 is 0 Å². The number of nitrogens with one attached hydrogen (secondary N) is 1. The summed E-state index contributed by atoms with van der Waals surface area (Å²) in [5.74, 6) is 0.206. The number of H-pyrrole nitrogens is 1. The fourth-order valence-electron chi connectivity index (χ4n) is 4.50. The van der Waals surface area contributed by atoms with E-state index in [4.69, 9.17) is 4.74 Å². The number of ether oxygens (including phenoxy) is 1. The van der Waals surface area contributed by atoms with Crippen molar-refractivity contribution < 1.29 is 18.5 Å². The number of fused-ring (bicyclic) bond motifs is 2. The van der Waals surface area contributed by atoms with Gasteiger partial charge in [-0.25, -0.2) is 0 Å². The van der Waals surface area contributed by atoms with Crippen LogP contribution in [-0.4, -0.2) is 49.5 Å². The molecule has 2 heterocycles. The van der Waals surface area contributed by atoms with Gasteiger partial charge in [0.25, 0.3) is 11.8 Å². The Hall–Kier alpha value is -3.00. The van der Waals surface area contributed by atoms with E-state index in [0.29, 0.717) is 34.6 Å². The molecular weight excluding hydrogens is 402 g/mol. The molecule has 1 aromatic heterocycles. The molecule has 0 radical (unpaired) electrons. The molecule has 154 valence electrons. The SMILES string of the molecule is CS(=O)c1c(OC2CCC(N3C(=O)c4ccccc4C3=O)CC2)ccc2[nH]ncc12.